The summed E-state index contributed by atoms with van der Waals surface area (Å²) in [5.74, 6) is -1.18. The maximum Gasteiger partial charge on any atom is 0.347 e. The van der Waals surface area contributed by atoms with E-state index in [4.69, 9.17) is 15.2 Å². The molecule has 0 saturated heterocycles. The molecule has 110 valence electrons. The number of benzene rings is 1. The zero-order chi connectivity index (χ0) is 15.3. The maximum atomic E-state index is 12.1. The van der Waals surface area contributed by atoms with Gasteiger partial charge in [0.05, 0.1) is 17.9 Å². The van der Waals surface area contributed by atoms with Gasteiger partial charge in [0.25, 0.3) is 0 Å². The second-order valence-corrected chi connectivity index (χ2v) is 4.47. The number of ether oxygens (including phenoxy) is 2. The third-order valence-corrected chi connectivity index (χ3v) is 2.62. The lowest BCUT2D eigenvalue weighted by molar-refractivity contribution is -0.152. The summed E-state index contributed by atoms with van der Waals surface area (Å²) in [5.41, 5.74) is 7.11. The van der Waals surface area contributed by atoms with E-state index in [1.807, 2.05) is 0 Å². The minimum absolute atomic E-state index is 0.238. The van der Waals surface area contributed by atoms with Crippen LogP contribution in [0.3, 0.4) is 0 Å². The Morgan fingerprint density at radius 1 is 1.35 bits per heavy atom. The van der Waals surface area contributed by atoms with Gasteiger partial charge >= 0.3 is 11.9 Å². The molecule has 0 aliphatic rings. The lowest BCUT2D eigenvalue weighted by atomic mass is 10.1. The Morgan fingerprint density at radius 2 is 2.00 bits per heavy atom. The third-order valence-electron chi connectivity index (χ3n) is 2.62. The molecule has 1 rings (SSSR count). The highest BCUT2D eigenvalue weighted by Gasteiger charge is 2.22. The highest BCUT2D eigenvalue weighted by molar-refractivity contribution is 5.98. The minimum Gasteiger partial charge on any atom is -0.463 e. The molecule has 1 aromatic rings. The third kappa shape index (κ3) is 3.88. The fourth-order valence-electron chi connectivity index (χ4n) is 1.64. The maximum absolute atomic E-state index is 12.1. The van der Waals surface area contributed by atoms with Crippen molar-refractivity contribution in [2.75, 3.05) is 31.3 Å². The zero-order valence-corrected chi connectivity index (χ0v) is 12.2. The Hall–Kier alpha value is -2.24. The van der Waals surface area contributed by atoms with Crippen molar-refractivity contribution in [2.24, 2.45) is 0 Å². The van der Waals surface area contributed by atoms with Gasteiger partial charge in [-0.25, -0.2) is 9.59 Å². The van der Waals surface area contributed by atoms with E-state index in [1.54, 1.807) is 38.1 Å². The van der Waals surface area contributed by atoms with Crippen LogP contribution in [-0.4, -0.2) is 38.7 Å². The van der Waals surface area contributed by atoms with E-state index in [0.29, 0.717) is 16.9 Å². The summed E-state index contributed by atoms with van der Waals surface area (Å²) in [6.07, 6.45) is -0.959. The van der Waals surface area contributed by atoms with Crippen molar-refractivity contribution in [3.8, 4) is 0 Å². The van der Waals surface area contributed by atoms with Crippen LogP contribution in [0.4, 0.5) is 11.4 Å². The normalized spacial score (nSPS) is 11.6. The Morgan fingerprint density at radius 3 is 2.55 bits per heavy atom. The highest BCUT2D eigenvalue weighted by atomic mass is 16.6. The number of nitrogens with zero attached hydrogens (tertiary/aromatic N) is 1. The number of hydrogen-bond acceptors (Lipinski definition) is 6. The van der Waals surface area contributed by atoms with Crippen LogP contribution in [-0.2, 0) is 14.3 Å². The van der Waals surface area contributed by atoms with E-state index in [9.17, 15) is 9.59 Å². The first-order valence-corrected chi connectivity index (χ1v) is 6.31. The molecular weight excluding hydrogens is 260 g/mol. The first-order chi connectivity index (χ1) is 9.36. The van der Waals surface area contributed by atoms with Crippen LogP contribution < -0.4 is 10.6 Å². The van der Waals surface area contributed by atoms with Gasteiger partial charge in [0.15, 0.2) is 6.10 Å². The van der Waals surface area contributed by atoms with Crippen molar-refractivity contribution < 1.29 is 19.1 Å². The number of esters is 2. The van der Waals surface area contributed by atoms with Crippen LogP contribution in [0.1, 0.15) is 24.2 Å². The van der Waals surface area contributed by atoms with Crippen molar-refractivity contribution in [3.63, 3.8) is 0 Å². The molecule has 0 fully saturated rings. The molecule has 0 aliphatic carbocycles. The van der Waals surface area contributed by atoms with Crippen molar-refractivity contribution in [1.29, 1.82) is 0 Å². The summed E-state index contributed by atoms with van der Waals surface area (Å²) in [5, 5.41) is 0. The molecule has 0 amide bonds. The summed E-state index contributed by atoms with van der Waals surface area (Å²) in [7, 11) is 3.61. The molecule has 0 radical (unpaired) electrons. The molecule has 0 bridgehead atoms. The number of nitrogen functional groups attached to an aromatic ring is 1. The summed E-state index contributed by atoms with van der Waals surface area (Å²) in [6, 6.07) is 4.94. The van der Waals surface area contributed by atoms with E-state index in [0.717, 1.165) is 0 Å². The average molecular weight is 280 g/mol. The largest absolute Gasteiger partial charge is 0.463 e. The average Bonchev–Trinajstić information content (AvgIpc) is 2.38. The second-order valence-electron chi connectivity index (χ2n) is 4.47. The monoisotopic (exact) mass is 280 g/mol. The van der Waals surface area contributed by atoms with Crippen molar-refractivity contribution >= 4 is 23.3 Å². The Balaban J connectivity index is 2.92. The molecule has 6 heteroatoms. The number of anilines is 2. The zero-order valence-electron chi connectivity index (χ0n) is 12.2. The molecule has 1 atom stereocenters. The molecule has 0 heterocycles. The van der Waals surface area contributed by atoms with Crippen LogP contribution in [0.5, 0.6) is 0 Å². The van der Waals surface area contributed by atoms with Crippen molar-refractivity contribution in [3.05, 3.63) is 23.8 Å². The number of carbonyl (C=O) groups is 2. The number of hydrogen-bond donors (Lipinski definition) is 1. The van der Waals surface area contributed by atoms with Crippen LogP contribution in [0, 0.1) is 0 Å². The van der Waals surface area contributed by atoms with Crippen LogP contribution in [0.15, 0.2) is 18.2 Å². The first kappa shape index (κ1) is 15.8. The molecule has 0 aromatic heterocycles. The predicted octanol–water partition coefficient (Wildman–Crippen LogP) is 1.44. The van der Waals surface area contributed by atoms with E-state index in [1.165, 1.54) is 13.0 Å². The molecule has 20 heavy (non-hydrogen) atoms. The number of nitrogens with two attached hydrogens (primary N) is 1. The SMILES string of the molecule is CCOC(=O)C(C)OC(=O)c1cc(N)ccc1N(C)C. The molecular formula is C14H20N2O4. The van der Waals surface area contributed by atoms with Gasteiger partial charge in [0, 0.05) is 19.8 Å². The van der Waals surface area contributed by atoms with Gasteiger partial charge in [-0.15, -0.1) is 0 Å². The summed E-state index contributed by atoms with van der Waals surface area (Å²) >= 11 is 0. The fraction of sp³-hybridized carbons (Fsp3) is 0.429. The summed E-state index contributed by atoms with van der Waals surface area (Å²) < 4.78 is 9.89. The fourth-order valence-corrected chi connectivity index (χ4v) is 1.64. The smallest absolute Gasteiger partial charge is 0.347 e. The molecule has 6 nitrogen and oxygen atoms in total. The van der Waals surface area contributed by atoms with Gasteiger partial charge in [-0.05, 0) is 32.0 Å². The van der Waals surface area contributed by atoms with Crippen molar-refractivity contribution in [1.82, 2.24) is 0 Å². The van der Waals surface area contributed by atoms with E-state index >= 15 is 0 Å². The number of rotatable bonds is 5. The first-order valence-electron chi connectivity index (χ1n) is 6.31. The molecule has 0 spiro atoms. The van der Waals surface area contributed by atoms with Crippen LogP contribution in [0.2, 0.25) is 0 Å². The Labute approximate surface area is 118 Å². The van der Waals surface area contributed by atoms with Gasteiger partial charge in [0.1, 0.15) is 0 Å². The molecule has 2 N–H and O–H groups in total. The standard InChI is InChI=1S/C14H20N2O4/c1-5-19-13(17)9(2)20-14(18)11-8-10(15)6-7-12(11)16(3)4/h6-9H,5,15H2,1-4H3. The van der Waals surface area contributed by atoms with Gasteiger partial charge in [0.2, 0.25) is 0 Å². The molecule has 0 aliphatic heterocycles. The van der Waals surface area contributed by atoms with Gasteiger partial charge in [-0.3, -0.25) is 0 Å². The minimum atomic E-state index is -0.959. The van der Waals surface area contributed by atoms with Gasteiger partial charge in [-0.1, -0.05) is 0 Å². The van der Waals surface area contributed by atoms with Crippen LogP contribution >= 0.6 is 0 Å². The lowest BCUT2D eigenvalue weighted by Crippen LogP contribution is -2.27. The molecule has 1 aromatic carbocycles. The van der Waals surface area contributed by atoms with E-state index in [2.05, 4.69) is 0 Å². The van der Waals surface area contributed by atoms with E-state index < -0.39 is 18.0 Å². The van der Waals surface area contributed by atoms with E-state index in [-0.39, 0.29) is 6.61 Å². The lowest BCUT2D eigenvalue weighted by Gasteiger charge is -2.18. The Kier molecular flexibility index (Phi) is 5.37. The highest BCUT2D eigenvalue weighted by Crippen LogP contribution is 2.22. The summed E-state index contributed by atoms with van der Waals surface area (Å²) in [6.45, 7) is 3.40. The van der Waals surface area contributed by atoms with Crippen LogP contribution in [0.25, 0.3) is 0 Å². The topological polar surface area (TPSA) is 81.9 Å². The second kappa shape index (κ2) is 6.79. The van der Waals surface area contributed by atoms with Gasteiger partial charge in [-0.2, -0.15) is 0 Å². The van der Waals surface area contributed by atoms with Crippen molar-refractivity contribution in [2.45, 2.75) is 20.0 Å². The summed E-state index contributed by atoms with van der Waals surface area (Å²) in [4.78, 5) is 25.4. The number of carbonyl (C=O) groups excluding carboxylic acids is 2. The molecule has 1 unspecified atom stereocenters. The predicted molar refractivity (Wildman–Crippen MR) is 76.7 cm³/mol. The van der Waals surface area contributed by atoms with Gasteiger partial charge < -0.3 is 20.1 Å². The molecule has 0 saturated carbocycles. The quantitative estimate of drug-likeness (QED) is 0.649. The Bertz CT molecular complexity index is 500.